The van der Waals surface area contributed by atoms with Crippen LogP contribution in [0.5, 0.6) is 0 Å². The molecule has 1 amide bonds. The van der Waals surface area contributed by atoms with Crippen LogP contribution in [-0.4, -0.2) is 46.1 Å². The fourth-order valence-electron chi connectivity index (χ4n) is 5.45. The molecule has 0 spiro atoms. The van der Waals surface area contributed by atoms with Gasteiger partial charge in [0, 0.05) is 6.42 Å². The van der Waals surface area contributed by atoms with Crippen molar-refractivity contribution in [2.24, 2.45) is 0 Å². The van der Waals surface area contributed by atoms with Gasteiger partial charge in [-0.05, 0) is 12.8 Å². The summed E-state index contributed by atoms with van der Waals surface area (Å²) in [5.41, 5.74) is 0. The van der Waals surface area contributed by atoms with E-state index in [1.54, 1.807) is 0 Å². The molecule has 234 valence electrons. The molecule has 4 N–H and O–H groups in total. The second-order valence-corrected chi connectivity index (χ2v) is 12.1. The lowest BCUT2D eigenvalue weighted by molar-refractivity contribution is -0.124. The van der Waals surface area contributed by atoms with Gasteiger partial charge in [0.2, 0.25) is 5.91 Å². The molecule has 5 heteroatoms. The average molecular weight is 556 g/mol. The highest BCUT2D eigenvalue weighted by atomic mass is 16.3. The Balaban J connectivity index is 3.47. The van der Waals surface area contributed by atoms with E-state index in [2.05, 4.69) is 19.2 Å². The van der Waals surface area contributed by atoms with Crippen molar-refractivity contribution in [1.82, 2.24) is 5.32 Å². The van der Waals surface area contributed by atoms with Crippen LogP contribution in [0.25, 0.3) is 0 Å². The molecule has 0 saturated carbocycles. The van der Waals surface area contributed by atoms with Gasteiger partial charge in [0.05, 0.1) is 18.8 Å². The lowest BCUT2D eigenvalue weighted by Crippen LogP contribution is -2.50. The molecule has 0 saturated heterocycles. The van der Waals surface area contributed by atoms with E-state index >= 15 is 0 Å². The molecule has 0 heterocycles. The molecule has 0 aliphatic carbocycles. The monoisotopic (exact) mass is 556 g/mol. The minimum absolute atomic E-state index is 0.149. The van der Waals surface area contributed by atoms with Crippen molar-refractivity contribution in [3.05, 3.63) is 0 Å². The van der Waals surface area contributed by atoms with E-state index < -0.39 is 18.2 Å². The molecule has 0 aromatic carbocycles. The number of hydrogen-bond donors (Lipinski definition) is 4. The highest BCUT2D eigenvalue weighted by Crippen LogP contribution is 2.16. The number of carbonyl (C=O) groups is 1. The zero-order valence-corrected chi connectivity index (χ0v) is 26.3. The van der Waals surface area contributed by atoms with Crippen molar-refractivity contribution in [3.8, 4) is 0 Å². The number of hydrogen-bond acceptors (Lipinski definition) is 4. The molecule has 0 aliphatic heterocycles. The van der Waals surface area contributed by atoms with Crippen LogP contribution in [-0.2, 0) is 4.79 Å². The van der Waals surface area contributed by atoms with Crippen molar-refractivity contribution < 1.29 is 20.1 Å². The van der Waals surface area contributed by atoms with Crippen LogP contribution in [0, 0.1) is 0 Å². The molecule has 0 fully saturated rings. The molecule has 39 heavy (non-hydrogen) atoms. The molecular formula is C34H69NO4. The molecular weight excluding hydrogens is 486 g/mol. The molecule has 3 atom stereocenters. The number of aliphatic hydroxyl groups is 3. The van der Waals surface area contributed by atoms with Crippen molar-refractivity contribution >= 4 is 5.91 Å². The third kappa shape index (κ3) is 26.0. The first kappa shape index (κ1) is 38.4. The van der Waals surface area contributed by atoms with Crippen LogP contribution in [0.4, 0.5) is 0 Å². The van der Waals surface area contributed by atoms with Crippen molar-refractivity contribution in [3.63, 3.8) is 0 Å². The number of rotatable bonds is 31. The van der Waals surface area contributed by atoms with Gasteiger partial charge in [-0.1, -0.05) is 168 Å². The summed E-state index contributed by atoms with van der Waals surface area (Å²) in [5, 5.41) is 32.8. The average Bonchev–Trinajstić information content (AvgIpc) is 2.94. The lowest BCUT2D eigenvalue weighted by Gasteiger charge is -2.26. The zero-order valence-electron chi connectivity index (χ0n) is 26.3. The summed E-state index contributed by atoms with van der Waals surface area (Å²) >= 11 is 0. The van der Waals surface area contributed by atoms with E-state index in [1.807, 2.05) is 0 Å². The Morgan fingerprint density at radius 3 is 1.23 bits per heavy atom. The molecule has 0 aliphatic rings. The van der Waals surface area contributed by atoms with Crippen LogP contribution < -0.4 is 5.32 Å². The highest BCUT2D eigenvalue weighted by molar-refractivity contribution is 5.76. The van der Waals surface area contributed by atoms with Gasteiger partial charge in [-0.25, -0.2) is 0 Å². The molecule has 0 bridgehead atoms. The quantitative estimate of drug-likeness (QED) is 0.0644. The third-order valence-electron chi connectivity index (χ3n) is 8.21. The lowest BCUT2D eigenvalue weighted by atomic mass is 10.00. The summed E-state index contributed by atoms with van der Waals surface area (Å²) in [4.78, 5) is 12.2. The molecule has 5 nitrogen and oxygen atoms in total. The number of carbonyl (C=O) groups excluding carboxylic acids is 1. The Morgan fingerprint density at radius 2 is 0.872 bits per heavy atom. The standard InChI is InChI=1S/C34H69NO4/c1-3-5-7-9-10-11-12-13-14-15-16-17-18-19-20-21-22-23-24-25-27-29-33(38)35-31(30-36)34(39)32(37)28-26-8-6-4-2/h31-32,34,36-37,39H,3-30H2,1-2H3,(H,35,38). The van der Waals surface area contributed by atoms with E-state index in [9.17, 15) is 20.1 Å². The second-order valence-electron chi connectivity index (χ2n) is 12.1. The van der Waals surface area contributed by atoms with Crippen LogP contribution in [0.3, 0.4) is 0 Å². The minimum atomic E-state index is -1.12. The normalized spacial score (nSPS) is 13.9. The fraction of sp³-hybridized carbons (Fsp3) is 0.971. The predicted octanol–water partition coefficient (Wildman–Crippen LogP) is 8.76. The molecule has 0 aromatic rings. The zero-order chi connectivity index (χ0) is 28.8. The Hall–Kier alpha value is -0.650. The summed E-state index contributed by atoms with van der Waals surface area (Å²) < 4.78 is 0. The van der Waals surface area contributed by atoms with Crippen molar-refractivity contribution in [2.75, 3.05) is 6.61 Å². The third-order valence-corrected chi connectivity index (χ3v) is 8.21. The molecule has 0 rings (SSSR count). The van der Waals surface area contributed by atoms with Crippen LogP contribution in [0.15, 0.2) is 0 Å². The van der Waals surface area contributed by atoms with Crippen molar-refractivity contribution in [2.45, 2.75) is 205 Å². The Kier molecular flexibility index (Phi) is 29.8. The first-order valence-electron chi connectivity index (χ1n) is 17.3. The van der Waals surface area contributed by atoms with E-state index in [4.69, 9.17) is 0 Å². The maximum atomic E-state index is 12.2. The molecule has 3 unspecified atom stereocenters. The van der Waals surface area contributed by atoms with Gasteiger partial charge in [-0.15, -0.1) is 0 Å². The highest BCUT2D eigenvalue weighted by Gasteiger charge is 2.26. The topological polar surface area (TPSA) is 89.8 Å². The van der Waals surface area contributed by atoms with Gasteiger partial charge in [0.1, 0.15) is 6.10 Å². The van der Waals surface area contributed by atoms with Gasteiger partial charge in [-0.3, -0.25) is 4.79 Å². The van der Waals surface area contributed by atoms with Gasteiger partial charge >= 0.3 is 0 Å². The van der Waals surface area contributed by atoms with E-state index in [0.29, 0.717) is 12.8 Å². The Morgan fingerprint density at radius 1 is 0.538 bits per heavy atom. The fourth-order valence-corrected chi connectivity index (χ4v) is 5.45. The number of aliphatic hydroxyl groups excluding tert-OH is 3. The Bertz CT molecular complexity index is 502. The van der Waals surface area contributed by atoms with E-state index in [-0.39, 0.29) is 12.5 Å². The Labute approximate surface area is 243 Å². The van der Waals surface area contributed by atoms with Crippen molar-refractivity contribution in [1.29, 1.82) is 0 Å². The first-order chi connectivity index (χ1) is 19.1. The summed E-state index contributed by atoms with van der Waals surface area (Å²) in [6, 6.07) is -0.798. The van der Waals surface area contributed by atoms with Crippen LogP contribution >= 0.6 is 0 Å². The number of nitrogens with one attached hydrogen (secondary N) is 1. The molecule has 0 radical (unpaired) electrons. The van der Waals surface area contributed by atoms with Crippen LogP contribution in [0.2, 0.25) is 0 Å². The summed E-state index contributed by atoms with van der Waals surface area (Å²) in [7, 11) is 0. The minimum Gasteiger partial charge on any atom is -0.394 e. The van der Waals surface area contributed by atoms with Gasteiger partial charge in [0.25, 0.3) is 0 Å². The summed E-state index contributed by atoms with van der Waals surface area (Å²) in [5.74, 6) is -0.149. The molecule has 0 aromatic heterocycles. The predicted molar refractivity (Wildman–Crippen MR) is 167 cm³/mol. The SMILES string of the molecule is CCCCCCCCCCCCCCCCCCCCCCCC(=O)NC(CO)C(O)C(O)CCCCCC. The maximum Gasteiger partial charge on any atom is 0.220 e. The van der Waals surface area contributed by atoms with Gasteiger partial charge in [-0.2, -0.15) is 0 Å². The van der Waals surface area contributed by atoms with Crippen LogP contribution in [0.1, 0.15) is 187 Å². The van der Waals surface area contributed by atoms with E-state index in [1.165, 1.54) is 116 Å². The number of amides is 1. The smallest absolute Gasteiger partial charge is 0.220 e. The number of unbranched alkanes of at least 4 members (excludes halogenated alkanes) is 23. The largest absolute Gasteiger partial charge is 0.394 e. The van der Waals surface area contributed by atoms with Gasteiger partial charge < -0.3 is 20.6 Å². The second kappa shape index (κ2) is 30.3. The van der Waals surface area contributed by atoms with Gasteiger partial charge in [0.15, 0.2) is 0 Å². The summed E-state index contributed by atoms with van der Waals surface area (Å²) in [6.07, 6.45) is 31.1. The van der Waals surface area contributed by atoms with E-state index in [0.717, 1.165) is 44.9 Å². The first-order valence-corrected chi connectivity index (χ1v) is 17.3. The maximum absolute atomic E-state index is 12.2. The summed E-state index contributed by atoms with van der Waals surface area (Å²) in [6.45, 7) is 4.05.